The van der Waals surface area contributed by atoms with Crippen LogP contribution in [0.3, 0.4) is 0 Å². The summed E-state index contributed by atoms with van der Waals surface area (Å²) in [6, 6.07) is 9.82. The van der Waals surface area contributed by atoms with E-state index in [4.69, 9.17) is 4.74 Å². The molecule has 0 aliphatic heterocycles. The first-order chi connectivity index (χ1) is 11.0. The number of carboxylic acid groups (broad SMARTS) is 1. The second kappa shape index (κ2) is 7.60. The smallest absolute Gasteiger partial charge is 0.339 e. The van der Waals surface area contributed by atoms with Crippen molar-refractivity contribution in [3.8, 4) is 0 Å². The molecule has 1 atom stereocenters. The minimum absolute atomic E-state index is 0.298. The number of ether oxygens (including phenoxy) is 1. The van der Waals surface area contributed by atoms with Crippen LogP contribution in [0.1, 0.15) is 40.3 Å². The van der Waals surface area contributed by atoms with Crippen LogP contribution in [0.5, 0.6) is 0 Å². The molecule has 0 aliphatic rings. The van der Waals surface area contributed by atoms with Gasteiger partial charge in [-0.2, -0.15) is 0 Å². The molecule has 3 N–H and O–H groups in total. The zero-order valence-electron chi connectivity index (χ0n) is 13.1. The van der Waals surface area contributed by atoms with E-state index in [9.17, 15) is 14.7 Å². The van der Waals surface area contributed by atoms with Crippen LogP contribution in [0.2, 0.25) is 0 Å². The summed E-state index contributed by atoms with van der Waals surface area (Å²) in [5.41, 5.74) is 2.57. The van der Waals surface area contributed by atoms with E-state index < -0.39 is 12.0 Å². The summed E-state index contributed by atoms with van der Waals surface area (Å²) >= 11 is 0. The van der Waals surface area contributed by atoms with Gasteiger partial charge in [0.05, 0.1) is 12.2 Å². The summed E-state index contributed by atoms with van der Waals surface area (Å²) in [4.78, 5) is 26.3. The van der Waals surface area contributed by atoms with Crippen molar-refractivity contribution < 1.29 is 19.4 Å². The highest BCUT2D eigenvalue weighted by Gasteiger charge is 2.20. The van der Waals surface area contributed by atoms with Gasteiger partial charge in [-0.15, -0.1) is 0 Å². The minimum Gasteiger partial charge on any atom is -0.480 e. The van der Waals surface area contributed by atoms with E-state index in [1.54, 1.807) is 44.2 Å². The molecule has 0 saturated carbocycles. The van der Waals surface area contributed by atoms with Crippen molar-refractivity contribution >= 4 is 11.9 Å². The second-order valence-corrected chi connectivity index (χ2v) is 5.12. The Balaban J connectivity index is 2.08. The number of H-pyrrole nitrogens is 1. The molecule has 2 aromatic rings. The fourth-order valence-electron chi connectivity index (χ4n) is 2.35. The Kier molecular flexibility index (Phi) is 5.54. The number of hydrogen-bond acceptors (Lipinski definition) is 4. The van der Waals surface area contributed by atoms with Gasteiger partial charge in [-0.05, 0) is 25.5 Å². The number of rotatable bonds is 7. The monoisotopic (exact) mass is 316 g/mol. The molecular weight excluding hydrogens is 296 g/mol. The number of aromatic nitrogens is 1. The van der Waals surface area contributed by atoms with E-state index in [0.29, 0.717) is 30.0 Å². The minimum atomic E-state index is -0.954. The zero-order chi connectivity index (χ0) is 16.8. The third kappa shape index (κ3) is 4.20. The van der Waals surface area contributed by atoms with E-state index in [1.807, 2.05) is 6.07 Å². The maximum Gasteiger partial charge on any atom is 0.339 e. The number of hydrogen-bond donors (Lipinski definition) is 3. The van der Waals surface area contributed by atoms with Gasteiger partial charge >= 0.3 is 11.9 Å². The topological polar surface area (TPSA) is 91.4 Å². The van der Waals surface area contributed by atoms with Crippen LogP contribution in [-0.2, 0) is 16.1 Å². The third-order valence-corrected chi connectivity index (χ3v) is 3.44. The maximum absolute atomic E-state index is 11.8. The van der Waals surface area contributed by atoms with Crippen LogP contribution in [0.4, 0.5) is 0 Å². The summed E-state index contributed by atoms with van der Waals surface area (Å²) in [7, 11) is 0. The summed E-state index contributed by atoms with van der Waals surface area (Å²) < 4.78 is 4.98. The van der Waals surface area contributed by atoms with Crippen molar-refractivity contribution in [2.24, 2.45) is 0 Å². The molecule has 122 valence electrons. The number of benzene rings is 1. The van der Waals surface area contributed by atoms with Crippen LogP contribution in [0.25, 0.3) is 0 Å². The lowest BCUT2D eigenvalue weighted by molar-refractivity contribution is -0.139. The third-order valence-electron chi connectivity index (χ3n) is 3.44. The van der Waals surface area contributed by atoms with Crippen molar-refractivity contribution in [1.82, 2.24) is 10.3 Å². The second-order valence-electron chi connectivity index (χ2n) is 5.12. The van der Waals surface area contributed by atoms with Crippen molar-refractivity contribution in [3.63, 3.8) is 0 Å². The number of aromatic amines is 1. The highest BCUT2D eigenvalue weighted by Crippen LogP contribution is 2.16. The van der Waals surface area contributed by atoms with Crippen molar-refractivity contribution in [2.45, 2.75) is 26.4 Å². The molecule has 0 saturated heterocycles. The van der Waals surface area contributed by atoms with E-state index in [1.165, 1.54) is 0 Å². The fourth-order valence-corrected chi connectivity index (χ4v) is 2.35. The number of carboxylic acids is 1. The number of aryl methyl sites for hydroxylation is 1. The highest BCUT2D eigenvalue weighted by molar-refractivity contribution is 5.91. The van der Waals surface area contributed by atoms with Gasteiger partial charge in [-0.25, -0.2) is 4.79 Å². The van der Waals surface area contributed by atoms with Crippen LogP contribution < -0.4 is 5.32 Å². The van der Waals surface area contributed by atoms with Gasteiger partial charge in [0.25, 0.3) is 0 Å². The Labute approximate surface area is 134 Å². The van der Waals surface area contributed by atoms with Gasteiger partial charge in [0.2, 0.25) is 0 Å². The molecule has 0 bridgehead atoms. The first-order valence-electron chi connectivity index (χ1n) is 7.39. The molecule has 0 amide bonds. The molecule has 6 nitrogen and oxygen atoms in total. The number of carbonyl (C=O) groups is 2. The van der Waals surface area contributed by atoms with Gasteiger partial charge in [-0.1, -0.05) is 30.3 Å². The van der Waals surface area contributed by atoms with Gasteiger partial charge in [0.1, 0.15) is 6.04 Å². The summed E-state index contributed by atoms with van der Waals surface area (Å²) in [5.74, 6) is -1.34. The van der Waals surface area contributed by atoms with Crippen LogP contribution >= 0.6 is 0 Å². The summed E-state index contributed by atoms with van der Waals surface area (Å²) in [5, 5.41) is 12.4. The fraction of sp³-hybridized carbons (Fsp3) is 0.294. The van der Waals surface area contributed by atoms with E-state index in [2.05, 4.69) is 10.3 Å². The molecular formula is C17H20N2O4. The Morgan fingerprint density at radius 1 is 1.30 bits per heavy atom. The molecule has 0 unspecified atom stereocenters. The molecule has 0 spiro atoms. The lowest BCUT2D eigenvalue weighted by Gasteiger charge is -2.14. The van der Waals surface area contributed by atoms with Gasteiger partial charge in [0, 0.05) is 17.9 Å². The average molecular weight is 316 g/mol. The highest BCUT2D eigenvalue weighted by atomic mass is 16.5. The lowest BCUT2D eigenvalue weighted by Crippen LogP contribution is -2.28. The number of carbonyl (C=O) groups excluding carboxylic acids is 1. The van der Waals surface area contributed by atoms with E-state index in [-0.39, 0.29) is 5.97 Å². The van der Waals surface area contributed by atoms with Gasteiger partial charge in [-0.3, -0.25) is 10.1 Å². The molecule has 0 radical (unpaired) electrons. The first-order valence-corrected chi connectivity index (χ1v) is 7.39. The Morgan fingerprint density at radius 3 is 2.61 bits per heavy atom. The SMILES string of the molecule is CCOC(=O)c1cc(CN[C@@H](C(=O)O)c2ccccc2)[nH]c1C. The molecule has 1 aromatic carbocycles. The Bertz CT molecular complexity index is 679. The van der Waals surface area contributed by atoms with Crippen molar-refractivity contribution in [1.29, 1.82) is 0 Å². The van der Waals surface area contributed by atoms with Crippen LogP contribution in [0.15, 0.2) is 36.4 Å². The van der Waals surface area contributed by atoms with E-state index in [0.717, 1.165) is 5.69 Å². The molecule has 2 rings (SSSR count). The van der Waals surface area contributed by atoms with Crippen LogP contribution in [0, 0.1) is 6.92 Å². The summed E-state index contributed by atoms with van der Waals surface area (Å²) in [6.45, 7) is 4.14. The lowest BCUT2D eigenvalue weighted by atomic mass is 10.1. The predicted molar refractivity (Wildman–Crippen MR) is 85.1 cm³/mol. The normalized spacial score (nSPS) is 11.9. The van der Waals surface area contributed by atoms with Crippen LogP contribution in [-0.4, -0.2) is 28.6 Å². The Morgan fingerprint density at radius 2 is 2.00 bits per heavy atom. The predicted octanol–water partition coefficient (Wildman–Crippen LogP) is 2.42. The molecule has 0 aliphatic carbocycles. The summed E-state index contributed by atoms with van der Waals surface area (Å²) in [6.07, 6.45) is 0. The number of aliphatic carboxylic acids is 1. The Hall–Kier alpha value is -2.60. The molecule has 1 aromatic heterocycles. The quantitative estimate of drug-likeness (QED) is 0.682. The standard InChI is InChI=1S/C17H20N2O4/c1-3-23-17(22)14-9-13(19-11(14)2)10-18-15(16(20)21)12-7-5-4-6-8-12/h4-9,15,18-19H,3,10H2,1-2H3,(H,20,21)/t15-/m1/s1. The van der Waals surface area contributed by atoms with Crippen molar-refractivity contribution in [2.75, 3.05) is 6.61 Å². The van der Waals surface area contributed by atoms with E-state index >= 15 is 0 Å². The van der Waals surface area contributed by atoms with Gasteiger partial charge < -0.3 is 14.8 Å². The largest absolute Gasteiger partial charge is 0.480 e. The number of nitrogens with one attached hydrogen (secondary N) is 2. The zero-order valence-corrected chi connectivity index (χ0v) is 13.1. The first kappa shape index (κ1) is 16.8. The number of esters is 1. The van der Waals surface area contributed by atoms with Gasteiger partial charge in [0.15, 0.2) is 0 Å². The molecule has 0 fully saturated rings. The maximum atomic E-state index is 11.8. The average Bonchev–Trinajstić information content (AvgIpc) is 2.89. The molecule has 23 heavy (non-hydrogen) atoms. The molecule has 1 heterocycles. The van der Waals surface area contributed by atoms with Crippen molar-refractivity contribution in [3.05, 3.63) is 58.9 Å². The molecule has 6 heteroatoms.